The zero-order chi connectivity index (χ0) is 14.1. The van der Waals surface area contributed by atoms with Crippen molar-refractivity contribution in [1.82, 2.24) is 14.5 Å². The van der Waals surface area contributed by atoms with Crippen molar-refractivity contribution in [3.8, 4) is 6.07 Å². The van der Waals surface area contributed by atoms with E-state index in [1.165, 1.54) is 0 Å². The quantitative estimate of drug-likeness (QED) is 0.784. The highest BCUT2D eigenvalue weighted by Crippen LogP contribution is 2.20. The smallest absolute Gasteiger partial charge is 0.202 e. The monoisotopic (exact) mass is 283 g/mol. The molecule has 0 aliphatic rings. The number of hydrogen-bond donors (Lipinski definition) is 1. The van der Waals surface area contributed by atoms with Gasteiger partial charge in [-0.1, -0.05) is 23.7 Å². The molecule has 98 valence electrons. The van der Waals surface area contributed by atoms with Gasteiger partial charge in [0.05, 0.1) is 23.2 Å². The van der Waals surface area contributed by atoms with Crippen LogP contribution in [0, 0.1) is 11.3 Å². The largest absolute Gasteiger partial charge is 0.369 e. The molecule has 2 heterocycles. The lowest BCUT2D eigenvalue weighted by Crippen LogP contribution is -2.05. The molecular weight excluding hydrogens is 274 g/mol. The molecule has 0 aliphatic carbocycles. The first-order valence-electron chi connectivity index (χ1n) is 5.93. The van der Waals surface area contributed by atoms with E-state index in [1.54, 1.807) is 22.9 Å². The molecule has 0 saturated carbocycles. The maximum absolute atomic E-state index is 8.92. The van der Waals surface area contributed by atoms with E-state index in [2.05, 4.69) is 16.0 Å². The van der Waals surface area contributed by atoms with Crippen LogP contribution in [0.15, 0.2) is 36.5 Å². The number of nitrogens with two attached hydrogens (primary N) is 1. The molecule has 3 aromatic rings. The SMILES string of the molecule is N#Cc1cccc(Cn2c(N)nc3cc(Cl)cnc32)c1. The molecule has 2 N–H and O–H groups in total. The first-order valence-corrected chi connectivity index (χ1v) is 6.31. The van der Waals surface area contributed by atoms with Crippen molar-refractivity contribution in [1.29, 1.82) is 5.26 Å². The number of imidazole rings is 1. The fourth-order valence-electron chi connectivity index (χ4n) is 2.08. The molecule has 0 aliphatic heterocycles. The van der Waals surface area contributed by atoms with Crippen molar-refractivity contribution in [2.45, 2.75) is 6.54 Å². The summed E-state index contributed by atoms with van der Waals surface area (Å²) in [5, 5.41) is 9.45. The summed E-state index contributed by atoms with van der Waals surface area (Å²) < 4.78 is 1.79. The predicted molar refractivity (Wildman–Crippen MR) is 77.2 cm³/mol. The molecule has 3 rings (SSSR count). The molecule has 20 heavy (non-hydrogen) atoms. The van der Waals surface area contributed by atoms with Gasteiger partial charge in [-0.15, -0.1) is 0 Å². The maximum Gasteiger partial charge on any atom is 0.202 e. The van der Waals surface area contributed by atoms with Crippen LogP contribution in [-0.4, -0.2) is 14.5 Å². The van der Waals surface area contributed by atoms with Gasteiger partial charge >= 0.3 is 0 Å². The Kier molecular flexibility index (Phi) is 3.01. The van der Waals surface area contributed by atoms with Crippen molar-refractivity contribution >= 4 is 28.7 Å². The molecule has 0 unspecified atom stereocenters. The number of pyridine rings is 1. The van der Waals surface area contributed by atoms with Gasteiger partial charge < -0.3 is 5.73 Å². The second-order valence-electron chi connectivity index (χ2n) is 4.36. The van der Waals surface area contributed by atoms with Gasteiger partial charge in [0.1, 0.15) is 5.52 Å². The van der Waals surface area contributed by atoms with Gasteiger partial charge in [0, 0.05) is 6.20 Å². The molecule has 0 fully saturated rings. The topological polar surface area (TPSA) is 80.5 Å². The summed E-state index contributed by atoms with van der Waals surface area (Å²) >= 11 is 5.89. The number of anilines is 1. The first kappa shape index (κ1) is 12.5. The van der Waals surface area contributed by atoms with Gasteiger partial charge in [-0.05, 0) is 23.8 Å². The fourth-order valence-corrected chi connectivity index (χ4v) is 2.23. The minimum Gasteiger partial charge on any atom is -0.369 e. The number of rotatable bonds is 2. The van der Waals surface area contributed by atoms with Crippen LogP contribution in [0.4, 0.5) is 5.95 Å². The zero-order valence-electron chi connectivity index (χ0n) is 10.4. The van der Waals surface area contributed by atoms with E-state index < -0.39 is 0 Å². The second-order valence-corrected chi connectivity index (χ2v) is 4.80. The minimum absolute atomic E-state index is 0.372. The molecule has 0 bridgehead atoms. The summed E-state index contributed by atoms with van der Waals surface area (Å²) in [6.07, 6.45) is 1.56. The molecule has 2 aromatic heterocycles. The zero-order valence-corrected chi connectivity index (χ0v) is 11.2. The Morgan fingerprint density at radius 3 is 3.00 bits per heavy atom. The average Bonchev–Trinajstić information content (AvgIpc) is 2.74. The summed E-state index contributed by atoms with van der Waals surface area (Å²) in [4.78, 5) is 8.51. The predicted octanol–water partition coefficient (Wildman–Crippen LogP) is 2.59. The number of nitrogen functional groups attached to an aromatic ring is 1. The van der Waals surface area contributed by atoms with Gasteiger partial charge in [-0.3, -0.25) is 4.57 Å². The second kappa shape index (κ2) is 4.83. The van der Waals surface area contributed by atoms with Crippen LogP contribution < -0.4 is 5.73 Å². The normalized spacial score (nSPS) is 10.6. The van der Waals surface area contributed by atoms with Crippen molar-refractivity contribution in [3.63, 3.8) is 0 Å². The summed E-state index contributed by atoms with van der Waals surface area (Å²) in [5.74, 6) is 0.372. The van der Waals surface area contributed by atoms with E-state index in [9.17, 15) is 0 Å². The van der Waals surface area contributed by atoms with Crippen LogP contribution in [0.5, 0.6) is 0 Å². The lowest BCUT2D eigenvalue weighted by Gasteiger charge is -2.06. The molecule has 0 radical (unpaired) electrons. The molecule has 0 amide bonds. The highest BCUT2D eigenvalue weighted by atomic mass is 35.5. The van der Waals surface area contributed by atoms with Gasteiger partial charge in [-0.25, -0.2) is 9.97 Å². The van der Waals surface area contributed by atoms with Gasteiger partial charge in [0.2, 0.25) is 5.95 Å². The molecule has 6 heteroatoms. The van der Waals surface area contributed by atoms with E-state index in [0.29, 0.717) is 34.2 Å². The van der Waals surface area contributed by atoms with Crippen LogP contribution in [-0.2, 0) is 6.54 Å². The molecule has 1 aromatic carbocycles. The minimum atomic E-state index is 0.372. The van der Waals surface area contributed by atoms with E-state index in [0.717, 1.165) is 5.56 Å². The Labute approximate surface area is 120 Å². The Hall–Kier alpha value is -2.58. The lowest BCUT2D eigenvalue weighted by atomic mass is 10.1. The fraction of sp³-hybridized carbons (Fsp3) is 0.0714. The summed E-state index contributed by atoms with van der Waals surface area (Å²) in [5.41, 5.74) is 8.84. The van der Waals surface area contributed by atoms with E-state index in [1.807, 2.05) is 18.2 Å². The Morgan fingerprint density at radius 1 is 1.35 bits per heavy atom. The van der Waals surface area contributed by atoms with Crippen LogP contribution >= 0.6 is 11.6 Å². The maximum atomic E-state index is 8.92. The van der Waals surface area contributed by atoms with Crippen LogP contribution in [0.1, 0.15) is 11.1 Å². The number of nitrogens with zero attached hydrogens (tertiary/aromatic N) is 4. The number of fused-ring (bicyclic) bond motifs is 1. The Balaban J connectivity index is 2.06. The standard InChI is InChI=1S/C14H10ClN5/c15-11-5-12-13(18-7-11)20(14(17)19-12)8-10-3-1-2-9(4-10)6-16/h1-5,7H,8H2,(H2,17,19). The number of hydrogen-bond acceptors (Lipinski definition) is 4. The number of aromatic nitrogens is 3. The molecular formula is C14H10ClN5. The third kappa shape index (κ3) is 2.17. The molecule has 0 atom stereocenters. The number of benzene rings is 1. The molecule has 0 saturated heterocycles. The van der Waals surface area contributed by atoms with Gasteiger partial charge in [-0.2, -0.15) is 5.26 Å². The van der Waals surface area contributed by atoms with E-state index >= 15 is 0 Å². The van der Waals surface area contributed by atoms with Crippen LogP contribution in [0.25, 0.3) is 11.2 Å². The van der Waals surface area contributed by atoms with Crippen LogP contribution in [0.2, 0.25) is 5.02 Å². The first-order chi connectivity index (χ1) is 9.67. The van der Waals surface area contributed by atoms with Crippen LogP contribution in [0.3, 0.4) is 0 Å². The van der Waals surface area contributed by atoms with Gasteiger partial charge in [0.15, 0.2) is 5.65 Å². The summed E-state index contributed by atoms with van der Waals surface area (Å²) in [6.45, 7) is 0.506. The lowest BCUT2D eigenvalue weighted by molar-refractivity contribution is 0.827. The highest BCUT2D eigenvalue weighted by Gasteiger charge is 2.10. The highest BCUT2D eigenvalue weighted by molar-refractivity contribution is 6.31. The number of nitriles is 1. The van der Waals surface area contributed by atoms with Crippen molar-refractivity contribution in [2.24, 2.45) is 0 Å². The van der Waals surface area contributed by atoms with Crippen molar-refractivity contribution in [3.05, 3.63) is 52.7 Å². The average molecular weight is 284 g/mol. The third-order valence-electron chi connectivity index (χ3n) is 2.98. The van der Waals surface area contributed by atoms with E-state index in [4.69, 9.17) is 22.6 Å². The van der Waals surface area contributed by atoms with Gasteiger partial charge in [0.25, 0.3) is 0 Å². The van der Waals surface area contributed by atoms with E-state index in [-0.39, 0.29) is 0 Å². The van der Waals surface area contributed by atoms with Crippen molar-refractivity contribution in [2.75, 3.05) is 5.73 Å². The molecule has 0 spiro atoms. The van der Waals surface area contributed by atoms with Crippen molar-refractivity contribution < 1.29 is 0 Å². The summed E-state index contributed by atoms with van der Waals surface area (Å²) in [7, 11) is 0. The summed E-state index contributed by atoms with van der Waals surface area (Å²) in [6, 6.07) is 11.2. The third-order valence-corrected chi connectivity index (χ3v) is 3.18. The number of halogens is 1. The Morgan fingerprint density at radius 2 is 2.20 bits per heavy atom. The Bertz CT molecular complexity index is 831. The molecule has 5 nitrogen and oxygen atoms in total.